The van der Waals surface area contributed by atoms with Gasteiger partial charge in [-0.2, -0.15) is 0 Å². The lowest BCUT2D eigenvalue weighted by Crippen LogP contribution is -2.44. The number of nitrogens with one attached hydrogen (secondary N) is 1. The third-order valence-corrected chi connectivity index (χ3v) is 5.74. The van der Waals surface area contributed by atoms with Crippen LogP contribution in [0.1, 0.15) is 11.5 Å². The van der Waals surface area contributed by atoms with E-state index in [2.05, 4.69) is 56.4 Å². The first-order valence-corrected chi connectivity index (χ1v) is 10.6. The zero-order valence-corrected chi connectivity index (χ0v) is 17.7. The van der Waals surface area contributed by atoms with Gasteiger partial charge in [-0.3, -0.25) is 4.57 Å². The van der Waals surface area contributed by atoms with E-state index in [-0.39, 0.29) is 6.61 Å². The van der Waals surface area contributed by atoms with Crippen molar-refractivity contribution >= 4 is 5.69 Å². The Kier molecular flexibility index (Phi) is 5.54. The second-order valence-corrected chi connectivity index (χ2v) is 7.93. The van der Waals surface area contributed by atoms with Gasteiger partial charge in [0.15, 0.2) is 5.82 Å². The number of fused-ring (bicyclic) bond motifs is 3. The SMILES string of the molecule is CN1CCN(c2ccc(-c3cnc4c(n3)OCc3nc(CNCCO)cn3-4)cc2)CC1. The number of benzene rings is 1. The summed E-state index contributed by atoms with van der Waals surface area (Å²) < 4.78 is 7.78. The first-order chi connectivity index (χ1) is 15.2. The minimum atomic E-state index is 0.101. The summed E-state index contributed by atoms with van der Waals surface area (Å²) in [5.41, 5.74) is 3.92. The van der Waals surface area contributed by atoms with Crippen molar-refractivity contribution in [3.63, 3.8) is 0 Å². The van der Waals surface area contributed by atoms with Gasteiger partial charge in [-0.05, 0) is 19.2 Å². The number of nitrogens with zero attached hydrogens (tertiary/aromatic N) is 6. The van der Waals surface area contributed by atoms with Crippen molar-refractivity contribution < 1.29 is 9.84 Å². The molecule has 0 bridgehead atoms. The molecule has 31 heavy (non-hydrogen) atoms. The molecule has 5 rings (SSSR count). The van der Waals surface area contributed by atoms with E-state index in [1.54, 1.807) is 6.20 Å². The zero-order valence-electron chi connectivity index (χ0n) is 17.7. The summed E-state index contributed by atoms with van der Waals surface area (Å²) in [5, 5.41) is 12.1. The first-order valence-electron chi connectivity index (χ1n) is 10.6. The Morgan fingerprint density at radius 3 is 2.68 bits per heavy atom. The average Bonchev–Trinajstić information content (AvgIpc) is 3.23. The van der Waals surface area contributed by atoms with Gasteiger partial charge in [-0.15, -0.1) is 0 Å². The number of aromatic nitrogens is 4. The van der Waals surface area contributed by atoms with Crippen molar-refractivity contribution in [2.24, 2.45) is 0 Å². The fourth-order valence-electron chi connectivity index (χ4n) is 3.95. The highest BCUT2D eigenvalue weighted by Crippen LogP contribution is 2.30. The van der Waals surface area contributed by atoms with Gasteiger partial charge in [-0.1, -0.05) is 12.1 Å². The van der Waals surface area contributed by atoms with Gasteiger partial charge >= 0.3 is 0 Å². The number of anilines is 1. The van der Waals surface area contributed by atoms with Crippen LogP contribution in [0.2, 0.25) is 0 Å². The van der Waals surface area contributed by atoms with Crippen molar-refractivity contribution in [3.05, 3.63) is 48.2 Å². The lowest BCUT2D eigenvalue weighted by molar-refractivity contribution is 0.265. The molecule has 9 heteroatoms. The van der Waals surface area contributed by atoms with Gasteiger partial charge in [0.05, 0.1) is 24.2 Å². The minimum absolute atomic E-state index is 0.101. The summed E-state index contributed by atoms with van der Waals surface area (Å²) in [4.78, 5) is 18.7. The lowest BCUT2D eigenvalue weighted by atomic mass is 10.1. The zero-order chi connectivity index (χ0) is 21.2. The molecule has 2 N–H and O–H groups in total. The van der Waals surface area contributed by atoms with Crippen molar-refractivity contribution in [1.82, 2.24) is 29.7 Å². The third kappa shape index (κ3) is 4.12. The van der Waals surface area contributed by atoms with E-state index >= 15 is 0 Å². The summed E-state index contributed by atoms with van der Waals surface area (Å²) >= 11 is 0. The monoisotopic (exact) mass is 421 g/mol. The second-order valence-electron chi connectivity index (χ2n) is 7.93. The summed E-state index contributed by atoms with van der Waals surface area (Å²) in [6.07, 6.45) is 3.73. The molecule has 1 aromatic carbocycles. The van der Waals surface area contributed by atoms with Crippen LogP contribution in [0.25, 0.3) is 17.1 Å². The molecule has 1 fully saturated rings. The van der Waals surface area contributed by atoms with E-state index in [9.17, 15) is 0 Å². The molecule has 4 heterocycles. The lowest BCUT2D eigenvalue weighted by Gasteiger charge is -2.34. The maximum Gasteiger partial charge on any atom is 0.259 e. The van der Waals surface area contributed by atoms with Crippen LogP contribution < -0.4 is 15.0 Å². The van der Waals surface area contributed by atoms with E-state index in [4.69, 9.17) is 14.8 Å². The normalized spacial score (nSPS) is 16.0. The smallest absolute Gasteiger partial charge is 0.259 e. The van der Waals surface area contributed by atoms with Crippen molar-refractivity contribution in [1.29, 1.82) is 0 Å². The predicted octanol–water partition coefficient (Wildman–Crippen LogP) is 1.06. The highest BCUT2D eigenvalue weighted by atomic mass is 16.5. The van der Waals surface area contributed by atoms with Crippen molar-refractivity contribution in [3.8, 4) is 23.0 Å². The molecular weight excluding hydrogens is 394 g/mol. The number of likely N-dealkylation sites (N-methyl/N-ethyl adjacent to an activating group) is 1. The molecule has 0 atom stereocenters. The number of piperazine rings is 1. The first kappa shape index (κ1) is 19.9. The highest BCUT2D eigenvalue weighted by molar-refractivity contribution is 5.64. The number of ether oxygens (including phenoxy) is 1. The molecule has 2 aliphatic heterocycles. The number of aliphatic hydroxyl groups is 1. The van der Waals surface area contributed by atoms with Gasteiger partial charge in [0, 0.05) is 56.7 Å². The van der Waals surface area contributed by atoms with E-state index in [0.29, 0.717) is 31.4 Å². The van der Waals surface area contributed by atoms with Crippen LogP contribution in [0.5, 0.6) is 5.88 Å². The molecule has 0 spiro atoms. The van der Waals surface area contributed by atoms with E-state index in [1.807, 2.05) is 10.8 Å². The summed E-state index contributed by atoms with van der Waals surface area (Å²) in [6.45, 7) is 5.85. The summed E-state index contributed by atoms with van der Waals surface area (Å²) in [7, 11) is 2.17. The van der Waals surface area contributed by atoms with E-state index in [0.717, 1.165) is 49.0 Å². The molecular formula is C22H27N7O2. The number of rotatable bonds is 6. The summed E-state index contributed by atoms with van der Waals surface area (Å²) in [6, 6.07) is 8.51. The van der Waals surface area contributed by atoms with Crippen LogP contribution in [0.4, 0.5) is 5.69 Å². The molecule has 1 saturated heterocycles. The minimum Gasteiger partial charge on any atom is -0.467 e. The van der Waals surface area contributed by atoms with Gasteiger partial charge in [0.1, 0.15) is 6.61 Å². The van der Waals surface area contributed by atoms with Gasteiger partial charge in [0.2, 0.25) is 5.82 Å². The van der Waals surface area contributed by atoms with Gasteiger partial charge in [-0.25, -0.2) is 15.0 Å². The van der Waals surface area contributed by atoms with Crippen LogP contribution in [0, 0.1) is 0 Å². The van der Waals surface area contributed by atoms with Crippen molar-refractivity contribution in [2.45, 2.75) is 13.2 Å². The Hall–Kier alpha value is -3.01. The Bertz CT molecular complexity index is 1040. The molecule has 162 valence electrons. The molecule has 9 nitrogen and oxygen atoms in total. The van der Waals surface area contributed by atoms with Crippen LogP contribution in [0.3, 0.4) is 0 Å². The second kappa shape index (κ2) is 8.62. The average molecular weight is 422 g/mol. The van der Waals surface area contributed by atoms with E-state index in [1.165, 1.54) is 5.69 Å². The topological polar surface area (TPSA) is 91.6 Å². The number of hydrogen-bond donors (Lipinski definition) is 2. The Morgan fingerprint density at radius 2 is 1.90 bits per heavy atom. The highest BCUT2D eigenvalue weighted by Gasteiger charge is 2.23. The molecule has 3 aromatic rings. The van der Waals surface area contributed by atoms with Crippen LogP contribution >= 0.6 is 0 Å². The molecule has 2 aromatic heterocycles. The summed E-state index contributed by atoms with van der Waals surface area (Å²) in [5.74, 6) is 1.97. The maximum atomic E-state index is 8.92. The molecule has 2 aliphatic rings. The largest absolute Gasteiger partial charge is 0.467 e. The third-order valence-electron chi connectivity index (χ3n) is 5.74. The van der Waals surface area contributed by atoms with Crippen LogP contribution in [-0.2, 0) is 13.2 Å². The quantitative estimate of drug-likeness (QED) is 0.571. The van der Waals surface area contributed by atoms with Crippen LogP contribution in [0.15, 0.2) is 36.7 Å². The maximum absolute atomic E-state index is 8.92. The standard InChI is InChI=1S/C22H27N7O2/c1-27-7-9-28(10-8-27)18-4-2-16(3-5-18)19-13-24-21-22(26-19)31-15-20-25-17(14-29(20)21)12-23-6-11-30/h2-5,13-14,23,30H,6-12,15H2,1H3. The van der Waals surface area contributed by atoms with Crippen molar-refractivity contribution in [2.75, 3.05) is 51.3 Å². The predicted molar refractivity (Wildman–Crippen MR) is 117 cm³/mol. The van der Waals surface area contributed by atoms with Gasteiger partial charge < -0.3 is 25.0 Å². The molecule has 0 unspecified atom stereocenters. The Morgan fingerprint density at radius 1 is 1.10 bits per heavy atom. The van der Waals surface area contributed by atoms with Gasteiger partial charge in [0.25, 0.3) is 5.88 Å². The fraction of sp³-hybridized carbons (Fsp3) is 0.409. The molecule has 0 saturated carbocycles. The molecule has 0 aliphatic carbocycles. The number of imidazole rings is 1. The Balaban J connectivity index is 1.34. The fourth-order valence-corrected chi connectivity index (χ4v) is 3.95. The van der Waals surface area contributed by atoms with E-state index < -0.39 is 0 Å². The molecule has 0 amide bonds. The van der Waals surface area contributed by atoms with Crippen LogP contribution in [-0.4, -0.2) is 75.9 Å². The Labute approximate surface area is 181 Å². The molecule has 0 radical (unpaired) electrons. The number of aliphatic hydroxyl groups excluding tert-OH is 1. The number of hydrogen-bond acceptors (Lipinski definition) is 8.